The molecule has 3 nitrogen and oxygen atoms in total. The van der Waals surface area contributed by atoms with E-state index in [-0.39, 0.29) is 0 Å². The Balaban J connectivity index is 2.58. The predicted octanol–water partition coefficient (Wildman–Crippen LogP) is 2.26. The summed E-state index contributed by atoms with van der Waals surface area (Å²) < 4.78 is 0. The number of aromatic nitrogens is 2. The topological polar surface area (TPSA) is 42.9 Å². The molecule has 0 aliphatic heterocycles. The first-order valence-corrected chi connectivity index (χ1v) is 4.63. The Labute approximate surface area is 87.8 Å². The smallest absolute Gasteiger partial charge is 0.150 e. The molecule has 15 heavy (non-hydrogen) atoms. The maximum atomic E-state index is 10.9. The van der Waals surface area contributed by atoms with Crippen LogP contribution in [0.25, 0.3) is 11.3 Å². The van der Waals surface area contributed by atoms with Gasteiger partial charge in [0.25, 0.3) is 0 Å². The molecule has 0 unspecified atom stereocenters. The first-order chi connectivity index (χ1) is 7.31. The Hall–Kier alpha value is -2.03. The van der Waals surface area contributed by atoms with Gasteiger partial charge in [-0.2, -0.15) is 0 Å². The van der Waals surface area contributed by atoms with Crippen molar-refractivity contribution in [3.63, 3.8) is 0 Å². The van der Waals surface area contributed by atoms with Gasteiger partial charge in [-0.3, -0.25) is 4.79 Å². The van der Waals surface area contributed by atoms with Crippen molar-refractivity contribution in [3.8, 4) is 11.3 Å². The van der Waals surface area contributed by atoms with Gasteiger partial charge in [-0.1, -0.05) is 17.7 Å². The first-order valence-electron chi connectivity index (χ1n) is 4.63. The third kappa shape index (κ3) is 1.91. The number of aldehydes is 1. The molecule has 2 rings (SSSR count). The van der Waals surface area contributed by atoms with Crippen LogP contribution in [0.1, 0.15) is 15.9 Å². The van der Waals surface area contributed by atoms with Crippen LogP contribution < -0.4 is 0 Å². The van der Waals surface area contributed by atoms with Gasteiger partial charge in [-0.05, 0) is 19.1 Å². The summed E-state index contributed by atoms with van der Waals surface area (Å²) in [5.41, 5.74) is 3.34. The zero-order chi connectivity index (χ0) is 10.7. The molecular formula is C12H10N2O. The second kappa shape index (κ2) is 4.00. The summed E-state index contributed by atoms with van der Waals surface area (Å²) in [5.74, 6) is 0. The van der Waals surface area contributed by atoms with E-state index in [1.807, 2.05) is 25.1 Å². The lowest BCUT2D eigenvalue weighted by Gasteiger charge is -2.04. The van der Waals surface area contributed by atoms with Gasteiger partial charge in [0.1, 0.15) is 6.33 Å². The van der Waals surface area contributed by atoms with Crippen LogP contribution in [0.5, 0.6) is 0 Å². The van der Waals surface area contributed by atoms with Crippen LogP contribution in [0.2, 0.25) is 0 Å². The predicted molar refractivity (Wildman–Crippen MR) is 57.6 cm³/mol. The molecule has 1 heterocycles. The second-order valence-electron chi connectivity index (χ2n) is 3.30. The van der Waals surface area contributed by atoms with Crippen LogP contribution in [0, 0.1) is 6.92 Å². The van der Waals surface area contributed by atoms with Crippen LogP contribution in [0.4, 0.5) is 0 Å². The van der Waals surface area contributed by atoms with Crippen molar-refractivity contribution in [2.24, 2.45) is 0 Å². The Bertz CT molecular complexity index is 480. The fourth-order valence-corrected chi connectivity index (χ4v) is 1.46. The van der Waals surface area contributed by atoms with Crippen LogP contribution in [-0.4, -0.2) is 16.3 Å². The van der Waals surface area contributed by atoms with Crippen LogP contribution in [0.3, 0.4) is 0 Å². The molecule has 2 aromatic rings. The molecule has 0 aliphatic carbocycles. The summed E-state index contributed by atoms with van der Waals surface area (Å²) in [5, 5.41) is 0. The molecule has 0 fully saturated rings. The van der Waals surface area contributed by atoms with E-state index in [2.05, 4.69) is 9.97 Å². The molecule has 3 heteroatoms. The normalized spacial score (nSPS) is 9.93. The maximum absolute atomic E-state index is 10.9. The van der Waals surface area contributed by atoms with Crippen LogP contribution in [-0.2, 0) is 0 Å². The molecule has 0 saturated carbocycles. The molecule has 0 saturated heterocycles. The molecule has 0 aliphatic rings. The first kappa shape index (κ1) is 9.52. The molecule has 0 radical (unpaired) electrons. The average molecular weight is 198 g/mol. The Morgan fingerprint density at radius 3 is 2.80 bits per heavy atom. The number of carbonyl (C=O) groups is 1. The van der Waals surface area contributed by atoms with Crippen molar-refractivity contribution in [1.82, 2.24) is 9.97 Å². The third-order valence-electron chi connectivity index (χ3n) is 2.19. The summed E-state index contributed by atoms with van der Waals surface area (Å²) in [6, 6.07) is 7.51. The van der Waals surface area contributed by atoms with Gasteiger partial charge in [-0.25, -0.2) is 9.97 Å². The SMILES string of the molecule is Cc1ccc(-c2ccncn2)c(C=O)c1. The number of aryl methyl sites for hydroxylation is 1. The molecular weight excluding hydrogens is 188 g/mol. The fourth-order valence-electron chi connectivity index (χ4n) is 1.46. The largest absolute Gasteiger partial charge is 0.298 e. The van der Waals surface area contributed by atoms with E-state index in [0.717, 1.165) is 23.1 Å². The van der Waals surface area contributed by atoms with E-state index in [1.54, 1.807) is 12.3 Å². The minimum atomic E-state index is 0.661. The molecule has 0 atom stereocenters. The van der Waals surface area contributed by atoms with Gasteiger partial charge >= 0.3 is 0 Å². The number of rotatable bonds is 2. The van der Waals surface area contributed by atoms with E-state index in [9.17, 15) is 4.79 Å². The lowest BCUT2D eigenvalue weighted by Crippen LogP contribution is -1.91. The minimum absolute atomic E-state index is 0.661. The maximum Gasteiger partial charge on any atom is 0.150 e. The highest BCUT2D eigenvalue weighted by atomic mass is 16.1. The van der Waals surface area contributed by atoms with Gasteiger partial charge in [-0.15, -0.1) is 0 Å². The lowest BCUT2D eigenvalue weighted by molar-refractivity contribution is 0.112. The number of hydrogen-bond acceptors (Lipinski definition) is 3. The van der Waals surface area contributed by atoms with Gasteiger partial charge in [0.15, 0.2) is 6.29 Å². The Morgan fingerprint density at radius 1 is 1.27 bits per heavy atom. The Morgan fingerprint density at radius 2 is 2.13 bits per heavy atom. The van der Waals surface area contributed by atoms with Crippen molar-refractivity contribution in [2.75, 3.05) is 0 Å². The molecule has 0 bridgehead atoms. The van der Waals surface area contributed by atoms with E-state index in [1.165, 1.54) is 6.33 Å². The molecule has 0 spiro atoms. The summed E-state index contributed by atoms with van der Waals surface area (Å²) in [7, 11) is 0. The minimum Gasteiger partial charge on any atom is -0.298 e. The fraction of sp³-hybridized carbons (Fsp3) is 0.0833. The quantitative estimate of drug-likeness (QED) is 0.695. The monoisotopic (exact) mass is 198 g/mol. The summed E-state index contributed by atoms with van der Waals surface area (Å²) in [4.78, 5) is 18.9. The lowest BCUT2D eigenvalue weighted by atomic mass is 10.0. The van der Waals surface area contributed by atoms with Gasteiger partial charge in [0.2, 0.25) is 0 Å². The van der Waals surface area contributed by atoms with Crippen molar-refractivity contribution in [3.05, 3.63) is 47.9 Å². The van der Waals surface area contributed by atoms with Crippen LogP contribution >= 0.6 is 0 Å². The van der Waals surface area contributed by atoms with Gasteiger partial charge in [0, 0.05) is 17.3 Å². The molecule has 0 amide bonds. The Kier molecular flexibility index (Phi) is 2.54. The average Bonchev–Trinajstić information content (AvgIpc) is 2.30. The molecule has 1 aromatic heterocycles. The molecule has 0 N–H and O–H groups in total. The van der Waals surface area contributed by atoms with Gasteiger partial charge < -0.3 is 0 Å². The zero-order valence-electron chi connectivity index (χ0n) is 8.34. The van der Waals surface area contributed by atoms with E-state index in [4.69, 9.17) is 0 Å². The number of carbonyl (C=O) groups excluding carboxylic acids is 1. The summed E-state index contributed by atoms with van der Waals surface area (Å²) >= 11 is 0. The van der Waals surface area contributed by atoms with E-state index >= 15 is 0 Å². The van der Waals surface area contributed by atoms with Gasteiger partial charge in [0.05, 0.1) is 5.69 Å². The van der Waals surface area contributed by atoms with Crippen molar-refractivity contribution in [2.45, 2.75) is 6.92 Å². The standard InChI is InChI=1S/C12H10N2O/c1-9-2-3-11(10(6-9)7-15)12-4-5-13-8-14-12/h2-8H,1H3. The van der Waals surface area contributed by atoms with E-state index in [0.29, 0.717) is 5.56 Å². The second-order valence-corrected chi connectivity index (χ2v) is 3.30. The molecule has 74 valence electrons. The van der Waals surface area contributed by atoms with Crippen molar-refractivity contribution >= 4 is 6.29 Å². The summed E-state index contributed by atoms with van der Waals surface area (Å²) in [6.07, 6.45) is 3.99. The molecule has 1 aromatic carbocycles. The zero-order valence-corrected chi connectivity index (χ0v) is 8.34. The highest BCUT2D eigenvalue weighted by Crippen LogP contribution is 2.20. The highest BCUT2D eigenvalue weighted by molar-refractivity contribution is 5.86. The van der Waals surface area contributed by atoms with Crippen LogP contribution in [0.15, 0.2) is 36.8 Å². The highest BCUT2D eigenvalue weighted by Gasteiger charge is 2.04. The number of hydrogen-bond donors (Lipinski definition) is 0. The van der Waals surface area contributed by atoms with Crippen molar-refractivity contribution in [1.29, 1.82) is 0 Å². The summed E-state index contributed by atoms with van der Waals surface area (Å²) in [6.45, 7) is 1.96. The van der Waals surface area contributed by atoms with E-state index < -0.39 is 0 Å². The van der Waals surface area contributed by atoms with Crippen molar-refractivity contribution < 1.29 is 4.79 Å². The number of benzene rings is 1. The number of nitrogens with zero attached hydrogens (tertiary/aromatic N) is 2. The third-order valence-corrected chi connectivity index (χ3v) is 2.19.